The van der Waals surface area contributed by atoms with Gasteiger partial charge in [0.05, 0.1) is 29.9 Å². The second kappa shape index (κ2) is 6.55. The predicted octanol–water partition coefficient (Wildman–Crippen LogP) is 4.17. The van der Waals surface area contributed by atoms with Crippen molar-refractivity contribution in [1.29, 1.82) is 0 Å². The summed E-state index contributed by atoms with van der Waals surface area (Å²) in [5.74, 6) is 1.52. The van der Waals surface area contributed by atoms with Crippen molar-refractivity contribution in [2.24, 2.45) is 7.05 Å². The molecule has 132 valence electrons. The molecule has 0 N–H and O–H groups in total. The van der Waals surface area contributed by atoms with Crippen LogP contribution in [0.2, 0.25) is 0 Å². The Morgan fingerprint density at radius 2 is 1.96 bits per heavy atom. The lowest BCUT2D eigenvalue weighted by molar-refractivity contribution is -0.138. The van der Waals surface area contributed by atoms with Crippen LogP contribution in [0.3, 0.4) is 0 Å². The van der Waals surface area contributed by atoms with Crippen molar-refractivity contribution in [2.75, 3.05) is 12.9 Å². The molecule has 3 rings (SSSR count). The van der Waals surface area contributed by atoms with E-state index in [2.05, 4.69) is 15.0 Å². The molecule has 5 nitrogen and oxygen atoms in total. The number of hydrogen-bond donors (Lipinski definition) is 0. The average molecular weight is 368 g/mol. The summed E-state index contributed by atoms with van der Waals surface area (Å²) >= 11 is 1.30. The molecular weight excluding hydrogens is 353 g/mol. The van der Waals surface area contributed by atoms with Gasteiger partial charge in [-0.2, -0.15) is 13.2 Å². The van der Waals surface area contributed by atoms with Gasteiger partial charge in [0.1, 0.15) is 5.69 Å². The maximum atomic E-state index is 13.0. The minimum atomic E-state index is -4.43. The van der Waals surface area contributed by atoms with E-state index < -0.39 is 11.7 Å². The highest BCUT2D eigenvalue weighted by Gasteiger charge is 2.32. The first-order valence-corrected chi connectivity index (χ1v) is 8.40. The van der Waals surface area contributed by atoms with E-state index in [9.17, 15) is 13.2 Å². The van der Waals surface area contributed by atoms with Crippen molar-refractivity contribution in [3.63, 3.8) is 0 Å². The van der Waals surface area contributed by atoms with Crippen LogP contribution in [-0.2, 0) is 13.2 Å². The lowest BCUT2D eigenvalue weighted by Crippen LogP contribution is -2.07. The van der Waals surface area contributed by atoms with E-state index in [0.29, 0.717) is 33.6 Å². The number of rotatable bonds is 4. The quantitative estimate of drug-likeness (QED) is 0.647. The number of thioether (sulfide) groups is 1. The number of imidazole rings is 1. The maximum absolute atomic E-state index is 13.0. The topological polar surface area (TPSA) is 52.8 Å². The number of hydrogen-bond acceptors (Lipinski definition) is 5. The Kier molecular flexibility index (Phi) is 4.59. The van der Waals surface area contributed by atoms with Crippen molar-refractivity contribution < 1.29 is 17.9 Å². The molecule has 0 amide bonds. The molecule has 0 bridgehead atoms. The maximum Gasteiger partial charge on any atom is 0.417 e. The van der Waals surface area contributed by atoms with Crippen molar-refractivity contribution in [3.05, 3.63) is 30.1 Å². The Balaban J connectivity index is 2.18. The molecular formula is C16H15F3N4OS. The summed E-state index contributed by atoms with van der Waals surface area (Å²) in [4.78, 5) is 13.1. The molecule has 0 saturated carbocycles. The van der Waals surface area contributed by atoms with Crippen LogP contribution < -0.4 is 4.74 Å². The zero-order chi connectivity index (χ0) is 18.2. The van der Waals surface area contributed by atoms with Crippen molar-refractivity contribution in [2.45, 2.75) is 18.0 Å². The van der Waals surface area contributed by atoms with Gasteiger partial charge in [-0.05, 0) is 11.8 Å². The third-order valence-corrected chi connectivity index (χ3v) is 4.55. The number of alkyl halides is 3. The number of methoxy groups -OCH3 is 1. The smallest absolute Gasteiger partial charge is 0.417 e. The van der Waals surface area contributed by atoms with Crippen molar-refractivity contribution >= 4 is 22.8 Å². The highest BCUT2D eigenvalue weighted by atomic mass is 32.2. The molecule has 9 heteroatoms. The number of aryl methyl sites for hydroxylation is 1. The van der Waals surface area contributed by atoms with Gasteiger partial charge in [-0.1, -0.05) is 6.92 Å². The standard InChI is InChI=1S/C16H15F3N4OS/c1-4-25-12-5-9(16(17,18)19)7-21-14(12)15-22-10-6-13(24-3)20-8-11(10)23(15)2/h5-8H,4H2,1-3H3. The molecule has 25 heavy (non-hydrogen) atoms. The number of nitrogens with zero attached hydrogens (tertiary/aromatic N) is 4. The third-order valence-electron chi connectivity index (χ3n) is 3.64. The van der Waals surface area contributed by atoms with Gasteiger partial charge in [0.25, 0.3) is 0 Å². The van der Waals surface area contributed by atoms with Crippen LogP contribution in [0.15, 0.2) is 29.4 Å². The second-order valence-corrected chi connectivity index (χ2v) is 6.52. The Morgan fingerprint density at radius 1 is 1.20 bits per heavy atom. The summed E-state index contributed by atoms with van der Waals surface area (Å²) in [6, 6.07) is 2.80. The van der Waals surface area contributed by atoms with Crippen LogP contribution in [0.4, 0.5) is 13.2 Å². The fourth-order valence-electron chi connectivity index (χ4n) is 2.43. The van der Waals surface area contributed by atoms with Crippen molar-refractivity contribution in [1.82, 2.24) is 19.5 Å². The molecule has 0 radical (unpaired) electrons. The zero-order valence-corrected chi connectivity index (χ0v) is 14.6. The average Bonchev–Trinajstić information content (AvgIpc) is 2.90. The van der Waals surface area contributed by atoms with Crippen LogP contribution in [-0.4, -0.2) is 32.4 Å². The molecule has 0 atom stereocenters. The van der Waals surface area contributed by atoms with Gasteiger partial charge in [-0.15, -0.1) is 11.8 Å². The molecule has 3 heterocycles. The van der Waals surface area contributed by atoms with Crippen LogP contribution >= 0.6 is 11.8 Å². The van der Waals surface area contributed by atoms with Crippen LogP contribution in [0.1, 0.15) is 12.5 Å². The minimum Gasteiger partial charge on any atom is -0.481 e. The largest absolute Gasteiger partial charge is 0.481 e. The Labute approximate surface area is 146 Å². The van der Waals surface area contributed by atoms with E-state index in [4.69, 9.17) is 4.74 Å². The SMILES string of the molecule is CCSc1cc(C(F)(F)F)cnc1-c1nc2cc(OC)ncc2n1C. The molecule has 0 aromatic carbocycles. The van der Waals surface area contributed by atoms with E-state index in [1.54, 1.807) is 23.9 Å². The number of aromatic nitrogens is 4. The summed E-state index contributed by atoms with van der Waals surface area (Å²) in [7, 11) is 3.28. The predicted molar refractivity (Wildman–Crippen MR) is 89.7 cm³/mol. The molecule has 0 fully saturated rings. The zero-order valence-electron chi connectivity index (χ0n) is 13.8. The van der Waals surface area contributed by atoms with Gasteiger partial charge >= 0.3 is 6.18 Å². The first kappa shape index (κ1) is 17.5. The minimum absolute atomic E-state index is 0.414. The van der Waals surface area contributed by atoms with E-state index in [1.165, 1.54) is 18.9 Å². The molecule has 0 aliphatic heterocycles. The molecule has 0 saturated heterocycles. The number of ether oxygens (including phenoxy) is 1. The summed E-state index contributed by atoms with van der Waals surface area (Å²) in [5.41, 5.74) is 1.02. The first-order chi connectivity index (χ1) is 11.8. The molecule has 0 unspecified atom stereocenters. The van der Waals surface area contributed by atoms with E-state index >= 15 is 0 Å². The van der Waals surface area contributed by atoms with Crippen LogP contribution in [0.25, 0.3) is 22.6 Å². The normalized spacial score (nSPS) is 11.9. The highest BCUT2D eigenvalue weighted by molar-refractivity contribution is 7.99. The Morgan fingerprint density at radius 3 is 2.60 bits per heavy atom. The molecule has 0 spiro atoms. The Hall–Kier alpha value is -2.29. The van der Waals surface area contributed by atoms with Gasteiger partial charge in [-0.25, -0.2) is 9.97 Å². The Bertz CT molecular complexity index is 924. The van der Waals surface area contributed by atoms with Gasteiger partial charge in [0, 0.05) is 24.2 Å². The molecule has 0 aliphatic rings. The molecule has 0 aliphatic carbocycles. The first-order valence-electron chi connectivity index (χ1n) is 7.42. The second-order valence-electron chi connectivity index (χ2n) is 5.21. The van der Waals surface area contributed by atoms with Crippen LogP contribution in [0.5, 0.6) is 5.88 Å². The van der Waals surface area contributed by atoms with Gasteiger partial charge in [0.15, 0.2) is 5.82 Å². The summed E-state index contributed by atoms with van der Waals surface area (Å²) in [6.45, 7) is 1.87. The number of pyridine rings is 2. The lowest BCUT2D eigenvalue weighted by atomic mass is 10.2. The summed E-state index contributed by atoms with van der Waals surface area (Å²) in [5, 5.41) is 0. The van der Waals surface area contributed by atoms with Gasteiger partial charge in [-0.3, -0.25) is 4.98 Å². The highest BCUT2D eigenvalue weighted by Crippen LogP contribution is 2.36. The third kappa shape index (κ3) is 3.28. The van der Waals surface area contributed by atoms with E-state index in [-0.39, 0.29) is 0 Å². The lowest BCUT2D eigenvalue weighted by Gasteiger charge is -2.12. The fraction of sp³-hybridized carbons (Fsp3) is 0.312. The summed E-state index contributed by atoms with van der Waals surface area (Å²) in [6.07, 6.45) is -1.98. The molecule has 3 aromatic rings. The van der Waals surface area contributed by atoms with E-state index in [1.807, 2.05) is 6.92 Å². The summed E-state index contributed by atoms with van der Waals surface area (Å²) < 4.78 is 45.8. The van der Waals surface area contributed by atoms with E-state index in [0.717, 1.165) is 17.8 Å². The van der Waals surface area contributed by atoms with Gasteiger partial charge < -0.3 is 9.30 Å². The van der Waals surface area contributed by atoms with Gasteiger partial charge in [0.2, 0.25) is 5.88 Å². The number of halogens is 3. The fourth-order valence-corrected chi connectivity index (χ4v) is 3.23. The monoisotopic (exact) mass is 368 g/mol. The van der Waals surface area contributed by atoms with Crippen LogP contribution in [0, 0.1) is 0 Å². The van der Waals surface area contributed by atoms with Crippen molar-refractivity contribution in [3.8, 4) is 17.4 Å². The molecule has 3 aromatic heterocycles. The number of fused-ring (bicyclic) bond motifs is 1.